The zero-order chi connectivity index (χ0) is 13.9. The van der Waals surface area contributed by atoms with Crippen LogP contribution in [0.15, 0.2) is 18.2 Å². The van der Waals surface area contributed by atoms with Gasteiger partial charge >= 0.3 is 6.18 Å². The van der Waals surface area contributed by atoms with Crippen molar-refractivity contribution in [3.63, 3.8) is 0 Å². The van der Waals surface area contributed by atoms with Crippen molar-refractivity contribution in [2.75, 3.05) is 11.9 Å². The van der Waals surface area contributed by atoms with Crippen LogP contribution >= 0.6 is 0 Å². The van der Waals surface area contributed by atoms with E-state index in [1.807, 2.05) is 0 Å². The van der Waals surface area contributed by atoms with Crippen molar-refractivity contribution in [1.29, 1.82) is 0 Å². The third-order valence-electron chi connectivity index (χ3n) is 3.48. The number of nitrogens with zero attached hydrogens (tertiary/aromatic N) is 1. The van der Waals surface area contributed by atoms with Gasteiger partial charge in [0.1, 0.15) is 11.5 Å². The molecule has 2 N–H and O–H groups in total. The fraction of sp³-hybridized carbons (Fsp3) is 0.615. The average molecular weight is 274 g/mol. The van der Waals surface area contributed by atoms with Gasteiger partial charge in [-0.1, -0.05) is 18.9 Å². The third kappa shape index (κ3) is 3.83. The molecule has 0 aliphatic heterocycles. The summed E-state index contributed by atoms with van der Waals surface area (Å²) in [6.07, 6.45) is -0.772. The molecule has 1 saturated carbocycles. The van der Waals surface area contributed by atoms with Crippen LogP contribution in [0.5, 0.6) is 0 Å². The number of anilines is 1. The summed E-state index contributed by atoms with van der Waals surface area (Å²) in [5, 5.41) is 12.7. The van der Waals surface area contributed by atoms with Gasteiger partial charge in [0, 0.05) is 6.54 Å². The van der Waals surface area contributed by atoms with Gasteiger partial charge in [-0.2, -0.15) is 13.2 Å². The Balaban J connectivity index is 1.92. The Kier molecular flexibility index (Phi) is 4.29. The van der Waals surface area contributed by atoms with Crippen LogP contribution in [0.2, 0.25) is 0 Å². The number of halogens is 3. The number of pyridine rings is 1. The van der Waals surface area contributed by atoms with Crippen LogP contribution in [-0.4, -0.2) is 22.7 Å². The highest BCUT2D eigenvalue weighted by atomic mass is 19.4. The van der Waals surface area contributed by atoms with Crippen LogP contribution in [0.4, 0.5) is 19.0 Å². The summed E-state index contributed by atoms with van der Waals surface area (Å²) in [5.74, 6) is 0.394. The highest BCUT2D eigenvalue weighted by Gasteiger charge is 2.32. The van der Waals surface area contributed by atoms with E-state index in [0.29, 0.717) is 0 Å². The Morgan fingerprint density at radius 2 is 2.00 bits per heavy atom. The van der Waals surface area contributed by atoms with Crippen molar-refractivity contribution >= 4 is 5.82 Å². The van der Waals surface area contributed by atoms with Gasteiger partial charge in [0.25, 0.3) is 0 Å². The number of aromatic nitrogens is 1. The molecule has 1 atom stereocenters. The average Bonchev–Trinajstić information content (AvgIpc) is 2.89. The molecule has 0 saturated heterocycles. The molecule has 1 aromatic heterocycles. The smallest absolute Gasteiger partial charge is 0.391 e. The predicted octanol–water partition coefficient (Wildman–Crippen LogP) is 3.06. The van der Waals surface area contributed by atoms with E-state index in [-0.39, 0.29) is 18.3 Å². The minimum atomic E-state index is -4.44. The summed E-state index contributed by atoms with van der Waals surface area (Å²) in [5.41, 5.74) is -0.923. The summed E-state index contributed by atoms with van der Waals surface area (Å²) in [4.78, 5) is 3.50. The zero-order valence-electron chi connectivity index (χ0n) is 10.5. The molecule has 106 valence electrons. The SMILES string of the molecule is OC(CNc1cccc(C(F)(F)F)n1)C1CCCC1. The van der Waals surface area contributed by atoms with E-state index in [9.17, 15) is 18.3 Å². The molecule has 6 heteroatoms. The summed E-state index contributed by atoms with van der Waals surface area (Å²) in [6.45, 7) is 0.235. The molecule has 1 aliphatic carbocycles. The quantitative estimate of drug-likeness (QED) is 0.887. The van der Waals surface area contributed by atoms with Crippen molar-refractivity contribution < 1.29 is 18.3 Å². The molecule has 0 bridgehead atoms. The first-order valence-electron chi connectivity index (χ1n) is 6.43. The molecular formula is C13H17F3N2O. The first-order chi connectivity index (χ1) is 8.97. The maximum absolute atomic E-state index is 12.5. The Labute approximate surface area is 109 Å². The first kappa shape index (κ1) is 14.1. The van der Waals surface area contributed by atoms with Crippen LogP contribution in [0.3, 0.4) is 0 Å². The van der Waals surface area contributed by atoms with Gasteiger partial charge < -0.3 is 10.4 Å². The van der Waals surface area contributed by atoms with E-state index in [4.69, 9.17) is 0 Å². The topological polar surface area (TPSA) is 45.1 Å². The van der Waals surface area contributed by atoms with E-state index >= 15 is 0 Å². The maximum Gasteiger partial charge on any atom is 0.433 e. The molecule has 0 radical (unpaired) electrons. The lowest BCUT2D eigenvalue weighted by molar-refractivity contribution is -0.141. The van der Waals surface area contributed by atoms with Crippen molar-refractivity contribution in [1.82, 2.24) is 4.98 Å². The summed E-state index contributed by atoms with van der Waals surface area (Å²) in [6, 6.07) is 3.70. The second kappa shape index (κ2) is 5.77. The van der Waals surface area contributed by atoms with Crippen molar-refractivity contribution in [3.8, 4) is 0 Å². The maximum atomic E-state index is 12.5. The highest BCUT2D eigenvalue weighted by molar-refractivity contribution is 5.36. The summed E-state index contributed by atoms with van der Waals surface area (Å²) in [7, 11) is 0. The van der Waals surface area contributed by atoms with E-state index in [0.717, 1.165) is 31.7 Å². The van der Waals surface area contributed by atoms with E-state index in [1.54, 1.807) is 0 Å². The van der Waals surface area contributed by atoms with Crippen LogP contribution in [0.1, 0.15) is 31.4 Å². The second-order valence-electron chi connectivity index (χ2n) is 4.90. The number of hydrogen-bond acceptors (Lipinski definition) is 3. The molecule has 0 aromatic carbocycles. The Hall–Kier alpha value is -1.30. The van der Waals surface area contributed by atoms with E-state index in [1.165, 1.54) is 12.1 Å². The molecule has 3 nitrogen and oxygen atoms in total. The van der Waals surface area contributed by atoms with Gasteiger partial charge in [0.2, 0.25) is 0 Å². The molecule has 1 aromatic rings. The number of rotatable bonds is 4. The lowest BCUT2D eigenvalue weighted by atomic mass is 10.0. The first-order valence-corrected chi connectivity index (χ1v) is 6.43. The van der Waals surface area contributed by atoms with Crippen molar-refractivity contribution in [3.05, 3.63) is 23.9 Å². The van der Waals surface area contributed by atoms with Crippen molar-refractivity contribution in [2.24, 2.45) is 5.92 Å². The minimum Gasteiger partial charge on any atom is -0.391 e. The third-order valence-corrected chi connectivity index (χ3v) is 3.48. The molecule has 1 unspecified atom stereocenters. The summed E-state index contributed by atoms with van der Waals surface area (Å²) >= 11 is 0. The second-order valence-corrected chi connectivity index (χ2v) is 4.90. The van der Waals surface area contributed by atoms with E-state index in [2.05, 4.69) is 10.3 Å². The largest absolute Gasteiger partial charge is 0.433 e. The van der Waals surface area contributed by atoms with Gasteiger partial charge in [-0.25, -0.2) is 4.98 Å². The molecule has 0 amide bonds. The molecular weight excluding hydrogens is 257 g/mol. The summed E-state index contributed by atoms with van der Waals surface area (Å²) < 4.78 is 37.4. The van der Waals surface area contributed by atoms with Crippen LogP contribution < -0.4 is 5.32 Å². The van der Waals surface area contributed by atoms with Gasteiger partial charge in [-0.05, 0) is 30.9 Å². The molecule has 2 rings (SSSR count). The van der Waals surface area contributed by atoms with Gasteiger partial charge in [-0.15, -0.1) is 0 Å². The lowest BCUT2D eigenvalue weighted by Crippen LogP contribution is -2.27. The van der Waals surface area contributed by atoms with E-state index < -0.39 is 18.0 Å². The standard InChI is InChI=1S/C13H17F3N2O/c14-13(15,16)11-6-3-7-12(18-11)17-8-10(19)9-4-1-2-5-9/h3,6-7,9-10,19H,1-2,4-5,8H2,(H,17,18). The number of nitrogens with one attached hydrogen (secondary N) is 1. The molecule has 1 fully saturated rings. The number of alkyl halides is 3. The Morgan fingerprint density at radius 3 is 2.63 bits per heavy atom. The molecule has 1 heterocycles. The monoisotopic (exact) mass is 274 g/mol. The Morgan fingerprint density at radius 1 is 1.32 bits per heavy atom. The highest BCUT2D eigenvalue weighted by Crippen LogP contribution is 2.29. The number of aliphatic hydroxyl groups is 1. The fourth-order valence-corrected chi connectivity index (χ4v) is 2.41. The normalized spacial score (nSPS) is 18.5. The Bertz CT molecular complexity index is 417. The number of aliphatic hydroxyl groups excluding tert-OH is 1. The van der Waals surface area contributed by atoms with Crippen molar-refractivity contribution in [2.45, 2.75) is 38.0 Å². The fourth-order valence-electron chi connectivity index (χ4n) is 2.41. The molecule has 19 heavy (non-hydrogen) atoms. The van der Waals surface area contributed by atoms with Gasteiger partial charge in [0.05, 0.1) is 6.10 Å². The minimum absolute atomic E-state index is 0.145. The lowest BCUT2D eigenvalue weighted by Gasteiger charge is -2.18. The molecule has 1 aliphatic rings. The van der Waals surface area contributed by atoms with Crippen LogP contribution in [0, 0.1) is 5.92 Å². The predicted molar refractivity (Wildman–Crippen MR) is 65.7 cm³/mol. The van der Waals surface area contributed by atoms with Crippen LogP contribution in [-0.2, 0) is 6.18 Å². The number of hydrogen-bond donors (Lipinski definition) is 2. The van der Waals surface area contributed by atoms with Crippen LogP contribution in [0.25, 0.3) is 0 Å². The molecule has 0 spiro atoms. The van der Waals surface area contributed by atoms with Gasteiger partial charge in [-0.3, -0.25) is 0 Å². The van der Waals surface area contributed by atoms with Gasteiger partial charge in [0.15, 0.2) is 0 Å². The zero-order valence-corrected chi connectivity index (χ0v) is 10.5.